The SMILES string of the molecule is CN(c1ccccc1)S(=O)(=O)c1ccc(I)cc1. The summed E-state index contributed by atoms with van der Waals surface area (Å²) in [4.78, 5) is 0.300. The highest BCUT2D eigenvalue weighted by Gasteiger charge is 2.20. The van der Waals surface area contributed by atoms with E-state index >= 15 is 0 Å². The van der Waals surface area contributed by atoms with Crippen molar-refractivity contribution in [1.29, 1.82) is 0 Å². The maximum atomic E-state index is 12.4. The first-order valence-electron chi connectivity index (χ1n) is 5.31. The summed E-state index contributed by atoms with van der Waals surface area (Å²) in [5.74, 6) is 0. The van der Waals surface area contributed by atoms with Crippen molar-refractivity contribution in [1.82, 2.24) is 0 Å². The second-order valence-electron chi connectivity index (χ2n) is 3.76. The van der Waals surface area contributed by atoms with Crippen molar-refractivity contribution >= 4 is 38.3 Å². The summed E-state index contributed by atoms with van der Waals surface area (Å²) < 4.78 is 27.0. The van der Waals surface area contributed by atoms with E-state index in [0.717, 1.165) is 3.57 Å². The highest BCUT2D eigenvalue weighted by atomic mass is 127. The zero-order valence-corrected chi connectivity index (χ0v) is 12.7. The lowest BCUT2D eigenvalue weighted by Gasteiger charge is -2.19. The number of sulfonamides is 1. The van der Waals surface area contributed by atoms with E-state index in [1.54, 1.807) is 43.4 Å². The fourth-order valence-electron chi connectivity index (χ4n) is 1.54. The Hall–Kier alpha value is -1.08. The first-order chi connectivity index (χ1) is 8.51. The second-order valence-corrected chi connectivity index (χ2v) is 6.98. The molecule has 2 aromatic carbocycles. The van der Waals surface area contributed by atoms with Gasteiger partial charge in [-0.05, 0) is 59.0 Å². The number of hydrogen-bond donors (Lipinski definition) is 0. The molecule has 0 aromatic heterocycles. The molecule has 0 aliphatic rings. The van der Waals surface area contributed by atoms with Crippen molar-refractivity contribution in [2.24, 2.45) is 0 Å². The quantitative estimate of drug-likeness (QED) is 0.776. The van der Waals surface area contributed by atoms with Gasteiger partial charge in [-0.3, -0.25) is 4.31 Å². The van der Waals surface area contributed by atoms with Crippen LogP contribution < -0.4 is 4.31 Å². The van der Waals surface area contributed by atoms with Crippen LogP contribution in [0.25, 0.3) is 0 Å². The first-order valence-corrected chi connectivity index (χ1v) is 7.83. The fraction of sp³-hybridized carbons (Fsp3) is 0.0769. The van der Waals surface area contributed by atoms with Crippen molar-refractivity contribution in [2.75, 3.05) is 11.4 Å². The first kappa shape index (κ1) is 13.4. The topological polar surface area (TPSA) is 37.4 Å². The highest BCUT2D eigenvalue weighted by Crippen LogP contribution is 2.21. The molecule has 0 saturated heterocycles. The summed E-state index contributed by atoms with van der Waals surface area (Å²) >= 11 is 2.15. The lowest BCUT2D eigenvalue weighted by molar-refractivity contribution is 0.594. The van der Waals surface area contributed by atoms with Crippen molar-refractivity contribution in [3.05, 3.63) is 58.2 Å². The van der Waals surface area contributed by atoms with E-state index in [-0.39, 0.29) is 0 Å². The van der Waals surface area contributed by atoms with E-state index in [2.05, 4.69) is 22.6 Å². The molecule has 0 aliphatic heterocycles. The van der Waals surface area contributed by atoms with Crippen LogP contribution in [0.3, 0.4) is 0 Å². The van der Waals surface area contributed by atoms with Gasteiger partial charge in [-0.25, -0.2) is 8.42 Å². The zero-order valence-electron chi connectivity index (χ0n) is 9.75. The van der Waals surface area contributed by atoms with Crippen LogP contribution in [-0.2, 0) is 10.0 Å². The van der Waals surface area contributed by atoms with E-state index in [1.165, 1.54) is 4.31 Å². The largest absolute Gasteiger partial charge is 0.269 e. The van der Waals surface area contributed by atoms with Crippen molar-refractivity contribution in [3.63, 3.8) is 0 Å². The molecule has 0 fully saturated rings. The number of benzene rings is 2. The van der Waals surface area contributed by atoms with Crippen LogP contribution in [0.4, 0.5) is 5.69 Å². The Balaban J connectivity index is 2.40. The summed E-state index contributed by atoms with van der Waals surface area (Å²) in [6, 6.07) is 15.8. The Morgan fingerprint density at radius 1 is 0.944 bits per heavy atom. The summed E-state index contributed by atoms with van der Waals surface area (Å²) in [5, 5.41) is 0. The van der Waals surface area contributed by atoms with Gasteiger partial charge in [0.15, 0.2) is 0 Å². The maximum Gasteiger partial charge on any atom is 0.264 e. The van der Waals surface area contributed by atoms with E-state index in [0.29, 0.717) is 10.6 Å². The Bertz CT molecular complexity index is 624. The average Bonchev–Trinajstić information content (AvgIpc) is 2.39. The Morgan fingerprint density at radius 2 is 1.50 bits per heavy atom. The Labute approximate surface area is 121 Å². The monoisotopic (exact) mass is 373 g/mol. The lowest BCUT2D eigenvalue weighted by atomic mass is 10.3. The van der Waals surface area contributed by atoms with Gasteiger partial charge < -0.3 is 0 Å². The number of rotatable bonds is 3. The van der Waals surface area contributed by atoms with Gasteiger partial charge in [0.05, 0.1) is 10.6 Å². The third-order valence-corrected chi connectivity index (χ3v) is 5.11. The smallest absolute Gasteiger partial charge is 0.264 e. The van der Waals surface area contributed by atoms with Crippen LogP contribution in [0.2, 0.25) is 0 Å². The molecule has 0 N–H and O–H groups in total. The van der Waals surface area contributed by atoms with Crippen LogP contribution >= 0.6 is 22.6 Å². The van der Waals surface area contributed by atoms with E-state index in [4.69, 9.17) is 0 Å². The third kappa shape index (κ3) is 2.67. The molecule has 0 amide bonds. The van der Waals surface area contributed by atoms with Crippen LogP contribution in [0, 0.1) is 3.57 Å². The molecular weight excluding hydrogens is 361 g/mol. The number of halogens is 1. The normalized spacial score (nSPS) is 11.2. The molecular formula is C13H12INO2S. The molecule has 0 heterocycles. The summed E-state index contributed by atoms with van der Waals surface area (Å²) in [6.45, 7) is 0. The second kappa shape index (κ2) is 5.27. The van der Waals surface area contributed by atoms with Crippen LogP contribution in [0.1, 0.15) is 0 Å². The maximum absolute atomic E-state index is 12.4. The van der Waals surface area contributed by atoms with Gasteiger partial charge in [0, 0.05) is 10.6 Å². The molecule has 5 heteroatoms. The van der Waals surface area contributed by atoms with Crippen molar-refractivity contribution < 1.29 is 8.42 Å². The summed E-state index contributed by atoms with van der Waals surface area (Å²) in [6.07, 6.45) is 0. The minimum absolute atomic E-state index is 0.300. The molecule has 94 valence electrons. The van der Waals surface area contributed by atoms with Crippen LogP contribution in [0.15, 0.2) is 59.5 Å². The van der Waals surface area contributed by atoms with Gasteiger partial charge in [0.2, 0.25) is 0 Å². The number of anilines is 1. The van der Waals surface area contributed by atoms with E-state index < -0.39 is 10.0 Å². The highest BCUT2D eigenvalue weighted by molar-refractivity contribution is 14.1. The predicted molar refractivity (Wildman–Crippen MR) is 81.2 cm³/mol. The molecule has 2 rings (SSSR count). The average molecular weight is 373 g/mol. The number of nitrogens with zero attached hydrogens (tertiary/aromatic N) is 1. The summed E-state index contributed by atoms with van der Waals surface area (Å²) in [5.41, 5.74) is 0.649. The van der Waals surface area contributed by atoms with Crippen molar-refractivity contribution in [3.8, 4) is 0 Å². The van der Waals surface area contributed by atoms with Gasteiger partial charge in [0.25, 0.3) is 10.0 Å². The summed E-state index contributed by atoms with van der Waals surface area (Å²) in [7, 11) is -1.92. The van der Waals surface area contributed by atoms with Crippen LogP contribution in [-0.4, -0.2) is 15.5 Å². The molecule has 0 aliphatic carbocycles. The number of hydrogen-bond acceptors (Lipinski definition) is 2. The molecule has 0 saturated carbocycles. The van der Waals surface area contributed by atoms with Gasteiger partial charge in [-0.1, -0.05) is 18.2 Å². The lowest BCUT2D eigenvalue weighted by Crippen LogP contribution is -2.26. The molecule has 3 nitrogen and oxygen atoms in total. The molecule has 0 spiro atoms. The zero-order chi connectivity index (χ0) is 13.2. The van der Waals surface area contributed by atoms with Gasteiger partial charge in [-0.2, -0.15) is 0 Å². The molecule has 0 radical (unpaired) electrons. The van der Waals surface area contributed by atoms with Gasteiger partial charge >= 0.3 is 0 Å². The fourth-order valence-corrected chi connectivity index (χ4v) is 3.10. The predicted octanol–water partition coefficient (Wildman–Crippen LogP) is 3.12. The molecule has 18 heavy (non-hydrogen) atoms. The van der Waals surface area contributed by atoms with Crippen molar-refractivity contribution in [2.45, 2.75) is 4.90 Å². The minimum atomic E-state index is -3.48. The Kier molecular flexibility index (Phi) is 3.91. The molecule has 0 unspecified atom stereocenters. The van der Waals surface area contributed by atoms with Gasteiger partial charge in [0.1, 0.15) is 0 Å². The standard InChI is InChI=1S/C13H12INO2S/c1-15(12-5-3-2-4-6-12)18(16,17)13-9-7-11(14)8-10-13/h2-10H,1H3. The molecule has 2 aromatic rings. The van der Waals surface area contributed by atoms with Gasteiger partial charge in [-0.15, -0.1) is 0 Å². The van der Waals surface area contributed by atoms with E-state index in [9.17, 15) is 8.42 Å². The third-order valence-electron chi connectivity index (χ3n) is 2.59. The van der Waals surface area contributed by atoms with E-state index in [1.807, 2.05) is 18.2 Å². The Morgan fingerprint density at radius 3 is 2.06 bits per heavy atom. The van der Waals surface area contributed by atoms with Crippen LogP contribution in [0.5, 0.6) is 0 Å². The number of para-hydroxylation sites is 1. The molecule has 0 bridgehead atoms. The minimum Gasteiger partial charge on any atom is -0.269 e. The molecule has 0 atom stereocenters.